The van der Waals surface area contributed by atoms with E-state index in [0.29, 0.717) is 24.2 Å². The minimum atomic E-state index is -0.184. The molecule has 0 saturated heterocycles. The third-order valence-corrected chi connectivity index (χ3v) is 4.47. The summed E-state index contributed by atoms with van der Waals surface area (Å²) in [5.74, 6) is 0.595. The molecule has 21 heavy (non-hydrogen) atoms. The van der Waals surface area contributed by atoms with Crippen molar-refractivity contribution in [3.05, 3.63) is 40.8 Å². The van der Waals surface area contributed by atoms with Gasteiger partial charge in [-0.3, -0.25) is 4.98 Å². The molecule has 0 spiro atoms. The first-order valence-electron chi connectivity index (χ1n) is 7.67. The van der Waals surface area contributed by atoms with Gasteiger partial charge in [-0.2, -0.15) is 0 Å². The molecule has 112 valence electrons. The van der Waals surface area contributed by atoms with E-state index in [9.17, 15) is 4.39 Å². The predicted octanol–water partition coefficient (Wildman–Crippen LogP) is 3.03. The fraction of sp³-hybridized carbons (Fsp3) is 0.471. The molecule has 3 N–H and O–H groups in total. The minimum absolute atomic E-state index is 0.184. The molecule has 2 aromatic rings. The topological polar surface area (TPSA) is 50.9 Å². The maximum atomic E-state index is 14.1. The van der Waals surface area contributed by atoms with Gasteiger partial charge in [-0.15, -0.1) is 0 Å². The van der Waals surface area contributed by atoms with Crippen molar-refractivity contribution < 1.29 is 4.39 Å². The Morgan fingerprint density at radius 2 is 2.05 bits per heavy atom. The number of nitrogens with zero attached hydrogens (tertiary/aromatic N) is 1. The van der Waals surface area contributed by atoms with E-state index in [1.807, 2.05) is 19.1 Å². The lowest BCUT2D eigenvalue weighted by molar-refractivity contribution is 0.301. The molecule has 3 nitrogen and oxygen atoms in total. The molecule has 0 atom stereocenters. The molecule has 0 unspecified atom stereocenters. The first-order chi connectivity index (χ1) is 10.2. The van der Waals surface area contributed by atoms with E-state index in [1.54, 1.807) is 0 Å². The number of halogens is 1. The van der Waals surface area contributed by atoms with Crippen molar-refractivity contribution in [2.24, 2.45) is 11.7 Å². The van der Waals surface area contributed by atoms with Crippen molar-refractivity contribution >= 4 is 10.9 Å². The molecule has 1 fully saturated rings. The van der Waals surface area contributed by atoms with Gasteiger partial charge in [-0.05, 0) is 49.9 Å². The van der Waals surface area contributed by atoms with Crippen LogP contribution in [0.4, 0.5) is 4.39 Å². The summed E-state index contributed by atoms with van der Waals surface area (Å²) in [6, 6.07) is 5.44. The van der Waals surface area contributed by atoms with Gasteiger partial charge in [0.25, 0.3) is 0 Å². The van der Waals surface area contributed by atoms with Gasteiger partial charge >= 0.3 is 0 Å². The summed E-state index contributed by atoms with van der Waals surface area (Å²) in [6.07, 6.45) is 3.94. The predicted molar refractivity (Wildman–Crippen MR) is 83.4 cm³/mol. The SMILES string of the molecule is Cc1nc2cc(F)c(CNCC3CCC3)cc2cc1CN. The molecule has 1 aromatic heterocycles. The lowest BCUT2D eigenvalue weighted by Crippen LogP contribution is -2.27. The van der Waals surface area contributed by atoms with Gasteiger partial charge in [0.05, 0.1) is 5.52 Å². The Bertz CT molecular complexity index is 650. The van der Waals surface area contributed by atoms with Crippen LogP contribution in [0, 0.1) is 18.7 Å². The molecular weight excluding hydrogens is 265 g/mol. The maximum absolute atomic E-state index is 14.1. The molecular formula is C17H22FN3. The number of aromatic nitrogens is 1. The number of pyridine rings is 1. The largest absolute Gasteiger partial charge is 0.326 e. The van der Waals surface area contributed by atoms with Crippen LogP contribution in [-0.2, 0) is 13.1 Å². The van der Waals surface area contributed by atoms with Gasteiger partial charge in [-0.25, -0.2) is 4.39 Å². The summed E-state index contributed by atoms with van der Waals surface area (Å²) < 4.78 is 14.1. The highest BCUT2D eigenvalue weighted by Gasteiger charge is 2.16. The Morgan fingerprint density at radius 3 is 2.71 bits per heavy atom. The van der Waals surface area contributed by atoms with Gasteiger partial charge in [0.1, 0.15) is 5.82 Å². The second kappa shape index (κ2) is 6.08. The van der Waals surface area contributed by atoms with E-state index >= 15 is 0 Å². The number of nitrogens with one attached hydrogen (secondary N) is 1. The lowest BCUT2D eigenvalue weighted by Gasteiger charge is -2.25. The fourth-order valence-corrected chi connectivity index (χ4v) is 2.83. The van der Waals surface area contributed by atoms with E-state index in [1.165, 1.54) is 25.3 Å². The Morgan fingerprint density at radius 1 is 1.29 bits per heavy atom. The molecule has 1 aliphatic carbocycles. The van der Waals surface area contributed by atoms with Crippen LogP contribution >= 0.6 is 0 Å². The maximum Gasteiger partial charge on any atom is 0.129 e. The molecule has 0 bridgehead atoms. The van der Waals surface area contributed by atoms with Crippen molar-refractivity contribution in [2.45, 2.75) is 39.3 Å². The Kier molecular flexibility index (Phi) is 4.17. The van der Waals surface area contributed by atoms with Crippen LogP contribution < -0.4 is 11.1 Å². The number of nitrogens with two attached hydrogens (primary N) is 1. The van der Waals surface area contributed by atoms with Crippen molar-refractivity contribution in [3.8, 4) is 0 Å². The van der Waals surface area contributed by atoms with Crippen LogP contribution in [0.2, 0.25) is 0 Å². The quantitative estimate of drug-likeness (QED) is 0.888. The van der Waals surface area contributed by atoms with E-state index in [2.05, 4.69) is 10.3 Å². The van der Waals surface area contributed by atoms with Gasteiger partial charge < -0.3 is 11.1 Å². The molecule has 1 saturated carbocycles. The number of rotatable bonds is 5. The van der Waals surface area contributed by atoms with E-state index in [0.717, 1.165) is 29.1 Å². The lowest BCUT2D eigenvalue weighted by atomic mass is 9.85. The third kappa shape index (κ3) is 3.06. The molecule has 1 heterocycles. The molecule has 1 aliphatic rings. The molecule has 0 amide bonds. The summed E-state index contributed by atoms with van der Waals surface area (Å²) >= 11 is 0. The summed E-state index contributed by atoms with van der Waals surface area (Å²) in [7, 11) is 0. The Labute approximate surface area is 124 Å². The molecule has 1 aromatic carbocycles. The highest BCUT2D eigenvalue weighted by Crippen LogP contribution is 2.25. The summed E-state index contributed by atoms with van der Waals surface area (Å²) in [5, 5.41) is 4.33. The van der Waals surface area contributed by atoms with E-state index in [-0.39, 0.29) is 5.82 Å². The van der Waals surface area contributed by atoms with Crippen LogP contribution in [0.1, 0.15) is 36.1 Å². The summed E-state index contributed by atoms with van der Waals surface area (Å²) in [6.45, 7) is 3.93. The van der Waals surface area contributed by atoms with Crippen molar-refractivity contribution in [1.29, 1.82) is 0 Å². The van der Waals surface area contributed by atoms with Crippen LogP contribution in [0.15, 0.2) is 18.2 Å². The molecule has 3 rings (SSSR count). The van der Waals surface area contributed by atoms with Crippen molar-refractivity contribution in [3.63, 3.8) is 0 Å². The number of benzene rings is 1. The Hall–Kier alpha value is -1.52. The monoisotopic (exact) mass is 287 g/mol. The van der Waals surface area contributed by atoms with Crippen LogP contribution in [0.5, 0.6) is 0 Å². The zero-order valence-electron chi connectivity index (χ0n) is 12.5. The Balaban J connectivity index is 1.80. The van der Waals surface area contributed by atoms with Gasteiger partial charge in [-0.1, -0.05) is 6.42 Å². The summed E-state index contributed by atoms with van der Waals surface area (Å²) in [4.78, 5) is 4.44. The van der Waals surface area contributed by atoms with Crippen LogP contribution in [0.3, 0.4) is 0 Å². The average molecular weight is 287 g/mol. The zero-order chi connectivity index (χ0) is 14.8. The number of hydrogen-bond acceptors (Lipinski definition) is 3. The standard InChI is InChI=1S/C17H22FN3/c1-11-14(8-19)5-13-6-15(16(18)7-17(13)21-11)10-20-9-12-3-2-4-12/h5-7,12,20H,2-4,8-10,19H2,1H3. The highest BCUT2D eigenvalue weighted by atomic mass is 19.1. The number of fused-ring (bicyclic) bond motifs is 1. The fourth-order valence-electron chi connectivity index (χ4n) is 2.83. The molecule has 4 heteroatoms. The molecule has 0 aliphatic heterocycles. The average Bonchev–Trinajstić information content (AvgIpc) is 2.41. The van der Waals surface area contributed by atoms with Gasteiger partial charge in [0.2, 0.25) is 0 Å². The van der Waals surface area contributed by atoms with E-state index in [4.69, 9.17) is 5.73 Å². The number of aryl methyl sites for hydroxylation is 1. The van der Waals surface area contributed by atoms with E-state index < -0.39 is 0 Å². The van der Waals surface area contributed by atoms with Gasteiger partial charge in [0, 0.05) is 35.8 Å². The highest BCUT2D eigenvalue weighted by molar-refractivity contribution is 5.80. The number of hydrogen-bond donors (Lipinski definition) is 2. The summed E-state index contributed by atoms with van der Waals surface area (Å²) in [5.41, 5.74) is 9.01. The van der Waals surface area contributed by atoms with Crippen LogP contribution in [0.25, 0.3) is 10.9 Å². The van der Waals surface area contributed by atoms with Gasteiger partial charge in [0.15, 0.2) is 0 Å². The van der Waals surface area contributed by atoms with Crippen molar-refractivity contribution in [2.75, 3.05) is 6.54 Å². The normalized spacial score (nSPS) is 15.4. The van der Waals surface area contributed by atoms with Crippen molar-refractivity contribution in [1.82, 2.24) is 10.3 Å². The smallest absolute Gasteiger partial charge is 0.129 e. The molecule has 0 radical (unpaired) electrons. The van der Waals surface area contributed by atoms with Crippen LogP contribution in [-0.4, -0.2) is 11.5 Å². The second-order valence-corrected chi connectivity index (χ2v) is 6.00. The second-order valence-electron chi connectivity index (χ2n) is 6.00. The first kappa shape index (κ1) is 14.4. The minimum Gasteiger partial charge on any atom is -0.326 e. The zero-order valence-corrected chi connectivity index (χ0v) is 12.5. The first-order valence-corrected chi connectivity index (χ1v) is 7.67. The third-order valence-electron chi connectivity index (χ3n) is 4.47.